The second-order valence-corrected chi connectivity index (χ2v) is 9.06. The fourth-order valence-corrected chi connectivity index (χ4v) is 6.38. The van der Waals surface area contributed by atoms with Crippen molar-refractivity contribution in [2.45, 2.75) is 48.7 Å². The number of thioether (sulfide) groups is 1. The number of hydrogen-bond donors (Lipinski definition) is 0. The zero-order chi connectivity index (χ0) is 14.1. The summed E-state index contributed by atoms with van der Waals surface area (Å²) in [6, 6.07) is 2.49. The highest BCUT2D eigenvalue weighted by Gasteiger charge is 2.30. The predicted octanol–water partition coefficient (Wildman–Crippen LogP) is 4.32. The van der Waals surface area contributed by atoms with Crippen LogP contribution in [0.2, 0.25) is 0 Å². The molecule has 2 atom stereocenters. The minimum absolute atomic E-state index is 0.214. The number of halogens is 1. The second-order valence-electron chi connectivity index (χ2n) is 5.65. The quantitative estimate of drug-likeness (QED) is 0.719. The molecule has 20 heavy (non-hydrogen) atoms. The number of carbonyl (C=O) groups is 1. The van der Waals surface area contributed by atoms with Crippen molar-refractivity contribution in [1.29, 1.82) is 0 Å². The number of amides is 1. The van der Waals surface area contributed by atoms with Gasteiger partial charge in [-0.3, -0.25) is 4.79 Å². The number of alkyl halides is 1. The Hall–Kier alpha value is -0.000000000000000111. The van der Waals surface area contributed by atoms with E-state index in [1.807, 2.05) is 23.7 Å². The Balaban J connectivity index is 1.75. The molecule has 1 aromatic rings. The second kappa shape index (κ2) is 6.41. The molecule has 0 aromatic carbocycles. The van der Waals surface area contributed by atoms with Crippen molar-refractivity contribution in [2.24, 2.45) is 0 Å². The van der Waals surface area contributed by atoms with E-state index in [4.69, 9.17) is 0 Å². The van der Waals surface area contributed by atoms with Gasteiger partial charge in [-0.1, -0.05) is 28.8 Å². The SMILES string of the molecule is CN(C(=O)c1cc2c(s1)CCSC2)C1CCCCC1Br. The van der Waals surface area contributed by atoms with Gasteiger partial charge in [-0.2, -0.15) is 11.8 Å². The third-order valence-electron chi connectivity index (χ3n) is 4.30. The van der Waals surface area contributed by atoms with Gasteiger partial charge in [0.15, 0.2) is 0 Å². The minimum atomic E-state index is 0.214. The Morgan fingerprint density at radius 3 is 2.95 bits per heavy atom. The lowest BCUT2D eigenvalue weighted by atomic mass is 9.94. The van der Waals surface area contributed by atoms with Gasteiger partial charge in [-0.15, -0.1) is 11.3 Å². The summed E-state index contributed by atoms with van der Waals surface area (Å²) in [4.78, 5) is 17.5. The number of hydrogen-bond acceptors (Lipinski definition) is 3. The molecular weight excluding hydrogens is 354 g/mol. The van der Waals surface area contributed by atoms with Crippen LogP contribution < -0.4 is 0 Å². The highest BCUT2D eigenvalue weighted by molar-refractivity contribution is 9.09. The number of rotatable bonds is 2. The van der Waals surface area contributed by atoms with Crippen molar-refractivity contribution in [2.75, 3.05) is 12.8 Å². The van der Waals surface area contributed by atoms with Crippen molar-refractivity contribution < 1.29 is 4.79 Å². The molecule has 0 N–H and O–H groups in total. The fourth-order valence-electron chi connectivity index (χ4n) is 3.08. The largest absolute Gasteiger partial charge is 0.337 e. The number of carbonyl (C=O) groups excluding carboxylic acids is 1. The molecule has 2 nitrogen and oxygen atoms in total. The molecule has 1 aliphatic heterocycles. The molecule has 2 aliphatic rings. The molecule has 1 fully saturated rings. The lowest BCUT2D eigenvalue weighted by Gasteiger charge is -2.35. The maximum absolute atomic E-state index is 12.7. The monoisotopic (exact) mass is 373 g/mol. The molecule has 0 radical (unpaired) electrons. The van der Waals surface area contributed by atoms with Crippen LogP contribution in [0.1, 0.15) is 45.8 Å². The number of nitrogens with zero attached hydrogens (tertiary/aromatic N) is 1. The maximum atomic E-state index is 12.7. The molecule has 2 heterocycles. The van der Waals surface area contributed by atoms with E-state index in [0.29, 0.717) is 10.9 Å². The van der Waals surface area contributed by atoms with E-state index in [1.54, 1.807) is 11.3 Å². The zero-order valence-electron chi connectivity index (χ0n) is 11.7. The van der Waals surface area contributed by atoms with Crippen molar-refractivity contribution in [1.82, 2.24) is 4.90 Å². The summed E-state index contributed by atoms with van der Waals surface area (Å²) >= 11 is 7.45. The van der Waals surface area contributed by atoms with E-state index < -0.39 is 0 Å². The van der Waals surface area contributed by atoms with Crippen molar-refractivity contribution >= 4 is 44.9 Å². The number of thiophene rings is 1. The highest BCUT2D eigenvalue weighted by Crippen LogP contribution is 2.34. The first kappa shape index (κ1) is 14.9. The van der Waals surface area contributed by atoms with Crippen LogP contribution in [-0.4, -0.2) is 34.5 Å². The van der Waals surface area contributed by atoms with E-state index in [2.05, 4.69) is 22.0 Å². The molecule has 110 valence electrons. The summed E-state index contributed by atoms with van der Waals surface area (Å²) in [5.41, 5.74) is 1.39. The van der Waals surface area contributed by atoms with E-state index >= 15 is 0 Å². The topological polar surface area (TPSA) is 20.3 Å². The van der Waals surface area contributed by atoms with E-state index in [1.165, 1.54) is 35.5 Å². The molecule has 1 aliphatic carbocycles. The van der Waals surface area contributed by atoms with Gasteiger partial charge in [0.1, 0.15) is 0 Å². The number of fused-ring (bicyclic) bond motifs is 1. The van der Waals surface area contributed by atoms with E-state index in [0.717, 1.165) is 23.5 Å². The molecule has 5 heteroatoms. The van der Waals surface area contributed by atoms with Gasteiger partial charge in [0, 0.05) is 28.5 Å². The van der Waals surface area contributed by atoms with Crippen LogP contribution in [0.25, 0.3) is 0 Å². The summed E-state index contributed by atoms with van der Waals surface area (Å²) in [5.74, 6) is 2.49. The van der Waals surface area contributed by atoms with Crippen LogP contribution in [0.5, 0.6) is 0 Å². The molecule has 3 rings (SSSR count). The minimum Gasteiger partial charge on any atom is -0.337 e. The summed E-state index contributed by atoms with van der Waals surface area (Å²) in [7, 11) is 1.97. The van der Waals surface area contributed by atoms with Gasteiger partial charge in [0.2, 0.25) is 0 Å². The summed E-state index contributed by atoms with van der Waals surface area (Å²) < 4.78 is 0. The first-order valence-electron chi connectivity index (χ1n) is 7.27. The van der Waals surface area contributed by atoms with Crippen molar-refractivity contribution in [3.63, 3.8) is 0 Å². The Morgan fingerprint density at radius 1 is 1.40 bits per heavy atom. The van der Waals surface area contributed by atoms with Gasteiger partial charge in [0.05, 0.1) is 4.88 Å². The lowest BCUT2D eigenvalue weighted by molar-refractivity contribution is 0.0709. The maximum Gasteiger partial charge on any atom is 0.263 e. The molecule has 0 bridgehead atoms. The Labute approximate surface area is 137 Å². The summed E-state index contributed by atoms with van der Waals surface area (Å²) in [5, 5.41) is 0. The van der Waals surface area contributed by atoms with Gasteiger partial charge in [-0.25, -0.2) is 0 Å². The standard InChI is InChI=1S/C15H20BrNOS2/c1-17(12-5-3-2-4-11(12)16)15(18)14-8-10-9-19-7-6-13(10)20-14/h8,11-12H,2-7,9H2,1H3. The Kier molecular flexibility index (Phi) is 4.78. The normalized spacial score (nSPS) is 26.1. The first-order chi connectivity index (χ1) is 9.66. The molecule has 2 unspecified atom stereocenters. The molecule has 1 aromatic heterocycles. The third kappa shape index (κ3) is 2.95. The van der Waals surface area contributed by atoms with Gasteiger partial charge < -0.3 is 4.90 Å². The van der Waals surface area contributed by atoms with Crippen LogP contribution in [0, 0.1) is 0 Å². The first-order valence-corrected chi connectivity index (χ1v) is 10.2. The summed E-state index contributed by atoms with van der Waals surface area (Å²) in [6.07, 6.45) is 5.95. The Morgan fingerprint density at radius 2 is 2.20 bits per heavy atom. The predicted molar refractivity (Wildman–Crippen MR) is 91.2 cm³/mol. The van der Waals surface area contributed by atoms with E-state index in [9.17, 15) is 4.79 Å². The smallest absolute Gasteiger partial charge is 0.263 e. The van der Waals surface area contributed by atoms with Crippen molar-refractivity contribution in [3.05, 3.63) is 21.4 Å². The van der Waals surface area contributed by atoms with Gasteiger partial charge >= 0.3 is 0 Å². The third-order valence-corrected chi connectivity index (χ3v) is 7.60. The molecule has 0 saturated heterocycles. The fraction of sp³-hybridized carbons (Fsp3) is 0.667. The lowest BCUT2D eigenvalue weighted by Crippen LogP contribution is -2.43. The zero-order valence-corrected chi connectivity index (χ0v) is 15.0. The Bertz CT molecular complexity index is 479. The van der Waals surface area contributed by atoms with Crippen LogP contribution in [0.4, 0.5) is 0 Å². The van der Waals surface area contributed by atoms with E-state index in [-0.39, 0.29) is 5.91 Å². The number of aryl methyl sites for hydroxylation is 1. The van der Waals surface area contributed by atoms with Crippen molar-refractivity contribution in [3.8, 4) is 0 Å². The van der Waals surface area contributed by atoms with Crippen LogP contribution in [-0.2, 0) is 12.2 Å². The molecular formula is C15H20BrNOS2. The van der Waals surface area contributed by atoms with Gasteiger partial charge in [-0.05, 0) is 36.6 Å². The molecule has 0 spiro atoms. The van der Waals surface area contributed by atoms with Crippen LogP contribution in [0.3, 0.4) is 0 Å². The molecule has 1 saturated carbocycles. The molecule has 1 amide bonds. The summed E-state index contributed by atoms with van der Waals surface area (Å²) in [6.45, 7) is 0. The van der Waals surface area contributed by atoms with Gasteiger partial charge in [0.25, 0.3) is 5.91 Å². The average Bonchev–Trinajstić information content (AvgIpc) is 2.90. The van der Waals surface area contributed by atoms with Crippen LogP contribution in [0.15, 0.2) is 6.07 Å². The highest BCUT2D eigenvalue weighted by atomic mass is 79.9. The van der Waals surface area contributed by atoms with Crippen LogP contribution >= 0.6 is 39.0 Å². The average molecular weight is 374 g/mol.